The lowest BCUT2D eigenvalue weighted by atomic mass is 10.1. The minimum atomic E-state index is 0.246. The van der Waals surface area contributed by atoms with Crippen molar-refractivity contribution in [3.63, 3.8) is 0 Å². The number of nitrogens with one attached hydrogen (secondary N) is 1. The van der Waals surface area contributed by atoms with Gasteiger partial charge in [-0.3, -0.25) is 9.69 Å². The molecule has 2 heterocycles. The molecule has 0 atom stereocenters. The van der Waals surface area contributed by atoms with E-state index in [4.69, 9.17) is 0 Å². The number of hydrogen-bond donors (Lipinski definition) is 1. The summed E-state index contributed by atoms with van der Waals surface area (Å²) in [4.78, 5) is 16.9. The van der Waals surface area contributed by atoms with Gasteiger partial charge < -0.3 is 10.2 Å². The molecule has 108 valence electrons. The molecule has 1 aromatic rings. The molecule has 2 aliphatic heterocycles. The van der Waals surface area contributed by atoms with E-state index in [0.717, 1.165) is 44.7 Å². The van der Waals surface area contributed by atoms with Gasteiger partial charge in [0, 0.05) is 31.4 Å². The molecule has 1 aromatic carbocycles. The van der Waals surface area contributed by atoms with Crippen LogP contribution in [0.15, 0.2) is 24.3 Å². The third-order valence-electron chi connectivity index (χ3n) is 4.31. The quantitative estimate of drug-likeness (QED) is 0.877. The van der Waals surface area contributed by atoms with Crippen molar-refractivity contribution in [2.45, 2.75) is 25.8 Å². The van der Waals surface area contributed by atoms with Gasteiger partial charge in [-0.2, -0.15) is 0 Å². The molecule has 0 radical (unpaired) electrons. The molecule has 0 aliphatic carbocycles. The second kappa shape index (κ2) is 5.94. The van der Waals surface area contributed by atoms with Crippen molar-refractivity contribution in [1.29, 1.82) is 0 Å². The fourth-order valence-corrected chi connectivity index (χ4v) is 3.07. The summed E-state index contributed by atoms with van der Waals surface area (Å²) >= 11 is 0. The van der Waals surface area contributed by atoms with E-state index < -0.39 is 0 Å². The Hall–Kier alpha value is -1.39. The first-order chi connectivity index (χ1) is 9.79. The number of carbonyl (C=O) groups excluding carboxylic acids is 1. The molecule has 0 unspecified atom stereocenters. The largest absolute Gasteiger partial charge is 0.314 e. The van der Waals surface area contributed by atoms with Gasteiger partial charge >= 0.3 is 0 Å². The molecule has 0 saturated carbocycles. The predicted octanol–water partition coefficient (Wildman–Crippen LogP) is 1.26. The molecular formula is C16H23N3O. The van der Waals surface area contributed by atoms with Crippen LogP contribution in [-0.4, -0.2) is 49.6 Å². The SMILES string of the molecule is CCCN(CC(=O)N1CCc2ccccc21)C1CNC1. The average Bonchev–Trinajstić information content (AvgIpc) is 2.80. The molecule has 0 spiro atoms. The van der Waals surface area contributed by atoms with Gasteiger partial charge in [0.05, 0.1) is 6.54 Å². The van der Waals surface area contributed by atoms with E-state index in [9.17, 15) is 4.79 Å². The number of rotatable bonds is 5. The summed E-state index contributed by atoms with van der Waals surface area (Å²) in [6.07, 6.45) is 2.08. The molecule has 3 rings (SSSR count). The predicted molar refractivity (Wildman–Crippen MR) is 81.0 cm³/mol. The smallest absolute Gasteiger partial charge is 0.241 e. The number of carbonyl (C=O) groups is 1. The Morgan fingerprint density at radius 3 is 2.90 bits per heavy atom. The van der Waals surface area contributed by atoms with Gasteiger partial charge in [-0.15, -0.1) is 0 Å². The van der Waals surface area contributed by atoms with Crippen molar-refractivity contribution in [3.05, 3.63) is 29.8 Å². The zero-order valence-corrected chi connectivity index (χ0v) is 12.1. The Balaban J connectivity index is 1.67. The van der Waals surface area contributed by atoms with Crippen molar-refractivity contribution in [2.24, 2.45) is 0 Å². The minimum absolute atomic E-state index is 0.246. The van der Waals surface area contributed by atoms with Crippen molar-refractivity contribution < 1.29 is 4.79 Å². The first-order valence-electron chi connectivity index (χ1n) is 7.62. The molecule has 0 aromatic heterocycles. The van der Waals surface area contributed by atoms with Crippen LogP contribution in [0, 0.1) is 0 Å². The van der Waals surface area contributed by atoms with Crippen molar-refractivity contribution in [2.75, 3.05) is 37.6 Å². The highest BCUT2D eigenvalue weighted by Gasteiger charge is 2.29. The van der Waals surface area contributed by atoms with Crippen LogP contribution in [0.3, 0.4) is 0 Å². The molecule has 20 heavy (non-hydrogen) atoms. The maximum Gasteiger partial charge on any atom is 0.241 e. The Labute approximate surface area is 120 Å². The van der Waals surface area contributed by atoms with Crippen molar-refractivity contribution in [1.82, 2.24) is 10.2 Å². The van der Waals surface area contributed by atoms with Gasteiger partial charge in [-0.25, -0.2) is 0 Å². The van der Waals surface area contributed by atoms with Crippen LogP contribution in [0.2, 0.25) is 0 Å². The zero-order chi connectivity index (χ0) is 13.9. The van der Waals surface area contributed by atoms with E-state index in [1.54, 1.807) is 0 Å². The molecule has 2 aliphatic rings. The topological polar surface area (TPSA) is 35.6 Å². The summed E-state index contributed by atoms with van der Waals surface area (Å²) in [6.45, 7) is 6.60. The third-order valence-corrected chi connectivity index (χ3v) is 4.31. The van der Waals surface area contributed by atoms with Gasteiger partial charge in [-0.05, 0) is 31.0 Å². The van der Waals surface area contributed by atoms with Gasteiger partial charge in [0.2, 0.25) is 5.91 Å². The van der Waals surface area contributed by atoms with E-state index >= 15 is 0 Å². The van der Waals surface area contributed by atoms with E-state index in [1.807, 2.05) is 11.0 Å². The fraction of sp³-hybridized carbons (Fsp3) is 0.562. The summed E-state index contributed by atoms with van der Waals surface area (Å²) < 4.78 is 0. The van der Waals surface area contributed by atoms with Crippen LogP contribution >= 0.6 is 0 Å². The second-order valence-electron chi connectivity index (χ2n) is 5.71. The number of para-hydroxylation sites is 1. The van der Waals surface area contributed by atoms with Crippen LogP contribution in [-0.2, 0) is 11.2 Å². The third kappa shape index (κ3) is 2.58. The number of nitrogens with zero attached hydrogens (tertiary/aromatic N) is 2. The lowest BCUT2D eigenvalue weighted by molar-refractivity contribution is -0.120. The molecule has 1 saturated heterocycles. The maximum absolute atomic E-state index is 12.6. The summed E-state index contributed by atoms with van der Waals surface area (Å²) in [6, 6.07) is 8.80. The molecule has 4 nitrogen and oxygen atoms in total. The Kier molecular flexibility index (Phi) is 4.03. The average molecular weight is 273 g/mol. The minimum Gasteiger partial charge on any atom is -0.314 e. The van der Waals surface area contributed by atoms with Gasteiger partial charge in [0.15, 0.2) is 0 Å². The monoisotopic (exact) mass is 273 g/mol. The number of amides is 1. The summed E-state index contributed by atoms with van der Waals surface area (Å²) in [5.74, 6) is 0.246. The molecule has 1 fully saturated rings. The molecule has 1 N–H and O–H groups in total. The second-order valence-corrected chi connectivity index (χ2v) is 5.71. The Morgan fingerprint density at radius 1 is 1.40 bits per heavy atom. The fourth-order valence-electron chi connectivity index (χ4n) is 3.07. The summed E-state index contributed by atoms with van der Waals surface area (Å²) in [5, 5.41) is 3.29. The first-order valence-corrected chi connectivity index (χ1v) is 7.62. The first kappa shape index (κ1) is 13.6. The van der Waals surface area contributed by atoms with E-state index in [2.05, 4.69) is 35.3 Å². The van der Waals surface area contributed by atoms with E-state index in [0.29, 0.717) is 12.6 Å². The Morgan fingerprint density at radius 2 is 2.20 bits per heavy atom. The highest BCUT2D eigenvalue weighted by atomic mass is 16.2. The molecule has 0 bridgehead atoms. The summed E-state index contributed by atoms with van der Waals surface area (Å²) in [5.41, 5.74) is 2.41. The Bertz CT molecular complexity index is 484. The number of benzene rings is 1. The van der Waals surface area contributed by atoms with Crippen LogP contribution in [0.25, 0.3) is 0 Å². The molecule has 1 amide bonds. The summed E-state index contributed by atoms with van der Waals surface area (Å²) in [7, 11) is 0. The zero-order valence-electron chi connectivity index (χ0n) is 12.1. The van der Waals surface area contributed by atoms with Gasteiger partial charge in [0.1, 0.15) is 0 Å². The maximum atomic E-state index is 12.6. The van der Waals surface area contributed by atoms with E-state index in [-0.39, 0.29) is 5.91 Å². The number of fused-ring (bicyclic) bond motifs is 1. The van der Waals surface area contributed by atoms with Gasteiger partial charge in [0.25, 0.3) is 0 Å². The molecular weight excluding hydrogens is 250 g/mol. The van der Waals surface area contributed by atoms with Crippen LogP contribution < -0.4 is 10.2 Å². The number of hydrogen-bond acceptors (Lipinski definition) is 3. The number of anilines is 1. The van der Waals surface area contributed by atoms with E-state index in [1.165, 1.54) is 5.56 Å². The van der Waals surface area contributed by atoms with Crippen molar-refractivity contribution in [3.8, 4) is 0 Å². The van der Waals surface area contributed by atoms with Crippen LogP contribution in [0.1, 0.15) is 18.9 Å². The highest BCUT2D eigenvalue weighted by Crippen LogP contribution is 2.27. The van der Waals surface area contributed by atoms with Crippen molar-refractivity contribution >= 4 is 11.6 Å². The highest BCUT2D eigenvalue weighted by molar-refractivity contribution is 5.96. The lowest BCUT2D eigenvalue weighted by Crippen LogP contribution is -2.59. The van der Waals surface area contributed by atoms with Gasteiger partial charge in [-0.1, -0.05) is 25.1 Å². The van der Waals surface area contributed by atoms with Crippen LogP contribution in [0.4, 0.5) is 5.69 Å². The molecule has 4 heteroatoms. The standard InChI is InChI=1S/C16H23N3O/c1-2-8-18(14-10-17-11-14)12-16(20)19-9-7-13-5-3-4-6-15(13)19/h3-6,14,17H,2,7-12H2,1H3. The van der Waals surface area contributed by atoms with Crippen LogP contribution in [0.5, 0.6) is 0 Å². The lowest BCUT2D eigenvalue weighted by Gasteiger charge is -2.38. The normalized spacial score (nSPS) is 18.2.